The first-order chi connectivity index (χ1) is 8.10. The van der Waals surface area contributed by atoms with E-state index in [1.54, 1.807) is 0 Å². The van der Waals surface area contributed by atoms with E-state index in [-0.39, 0.29) is 0 Å². The molecule has 18 heavy (non-hydrogen) atoms. The van der Waals surface area contributed by atoms with E-state index in [1.807, 2.05) is 0 Å². The van der Waals surface area contributed by atoms with Crippen LogP contribution in [0.5, 0.6) is 0 Å². The molecule has 2 aliphatic carbocycles. The first-order valence-electron chi connectivity index (χ1n) is 8.10. The van der Waals surface area contributed by atoms with Gasteiger partial charge in [0.05, 0.1) is 0 Å². The lowest BCUT2D eigenvalue weighted by Crippen LogP contribution is -2.45. The third kappa shape index (κ3) is 3.31. The first kappa shape index (κ1) is 14.4. The Morgan fingerprint density at radius 1 is 0.889 bits per heavy atom. The number of rotatable bonds is 1. The molecule has 0 aromatic heterocycles. The molecular weight excluding hydrogens is 216 g/mol. The van der Waals surface area contributed by atoms with Gasteiger partial charge in [-0.25, -0.2) is 0 Å². The summed E-state index contributed by atoms with van der Waals surface area (Å²) < 4.78 is 0. The summed E-state index contributed by atoms with van der Waals surface area (Å²) >= 11 is 0. The molecule has 0 radical (unpaired) electrons. The third-order valence-electron chi connectivity index (χ3n) is 5.65. The monoisotopic (exact) mass is 250 g/mol. The second kappa shape index (κ2) is 4.53. The lowest BCUT2D eigenvalue weighted by molar-refractivity contribution is -0.0516. The zero-order chi connectivity index (χ0) is 13.6. The van der Waals surface area contributed by atoms with Crippen molar-refractivity contribution in [1.82, 2.24) is 0 Å². The zero-order valence-corrected chi connectivity index (χ0v) is 13.6. The van der Waals surface area contributed by atoms with Crippen molar-refractivity contribution in [1.29, 1.82) is 0 Å². The van der Waals surface area contributed by atoms with Crippen molar-refractivity contribution >= 4 is 0 Å². The van der Waals surface area contributed by atoms with Crippen LogP contribution < -0.4 is 0 Å². The Morgan fingerprint density at radius 2 is 1.39 bits per heavy atom. The minimum absolute atomic E-state index is 0.530. The van der Waals surface area contributed by atoms with E-state index in [9.17, 15) is 0 Å². The lowest BCUT2D eigenvalue weighted by Gasteiger charge is -2.56. The maximum Gasteiger partial charge on any atom is -0.0292 e. The maximum atomic E-state index is 2.43. The SMILES string of the molecule is CC(C)(C)CC1CCC2(CC1)CC(C(C)(C)C)C2. The van der Waals surface area contributed by atoms with Crippen LogP contribution in [0.2, 0.25) is 0 Å². The van der Waals surface area contributed by atoms with Gasteiger partial charge in [-0.2, -0.15) is 0 Å². The molecule has 0 amide bonds. The highest BCUT2D eigenvalue weighted by Gasteiger charge is 2.49. The van der Waals surface area contributed by atoms with Gasteiger partial charge in [0, 0.05) is 0 Å². The maximum absolute atomic E-state index is 2.43. The summed E-state index contributed by atoms with van der Waals surface area (Å²) in [7, 11) is 0. The van der Waals surface area contributed by atoms with Crippen molar-refractivity contribution in [2.45, 2.75) is 86.5 Å². The fourth-order valence-corrected chi connectivity index (χ4v) is 4.37. The smallest absolute Gasteiger partial charge is 0.0292 e. The van der Waals surface area contributed by atoms with Crippen molar-refractivity contribution in [3.8, 4) is 0 Å². The molecule has 2 rings (SSSR count). The fourth-order valence-electron chi connectivity index (χ4n) is 4.37. The van der Waals surface area contributed by atoms with Gasteiger partial charge in [0.15, 0.2) is 0 Å². The van der Waals surface area contributed by atoms with Crippen LogP contribution in [0.4, 0.5) is 0 Å². The summed E-state index contributed by atoms with van der Waals surface area (Å²) in [6.07, 6.45) is 10.6. The second-order valence-electron chi connectivity index (χ2n) is 9.68. The van der Waals surface area contributed by atoms with Gasteiger partial charge < -0.3 is 0 Å². The van der Waals surface area contributed by atoms with Crippen molar-refractivity contribution in [2.75, 3.05) is 0 Å². The predicted molar refractivity (Wildman–Crippen MR) is 80.6 cm³/mol. The molecule has 0 saturated heterocycles. The Balaban J connectivity index is 1.79. The summed E-state index contributed by atoms with van der Waals surface area (Å²) in [6, 6.07) is 0. The summed E-state index contributed by atoms with van der Waals surface area (Å²) in [4.78, 5) is 0. The summed E-state index contributed by atoms with van der Waals surface area (Å²) in [5.41, 5.74) is 1.86. The van der Waals surface area contributed by atoms with E-state index in [4.69, 9.17) is 0 Å². The van der Waals surface area contributed by atoms with Crippen LogP contribution in [0.1, 0.15) is 86.5 Å². The molecule has 0 aliphatic heterocycles. The van der Waals surface area contributed by atoms with Crippen LogP contribution in [0.15, 0.2) is 0 Å². The van der Waals surface area contributed by atoms with E-state index in [0.29, 0.717) is 10.8 Å². The van der Waals surface area contributed by atoms with Crippen molar-refractivity contribution in [3.63, 3.8) is 0 Å². The van der Waals surface area contributed by atoms with E-state index in [0.717, 1.165) is 17.3 Å². The van der Waals surface area contributed by atoms with Crippen molar-refractivity contribution in [2.24, 2.45) is 28.1 Å². The summed E-state index contributed by atoms with van der Waals surface area (Å²) in [5.74, 6) is 2.01. The molecule has 0 aromatic carbocycles. The quantitative estimate of drug-likeness (QED) is 0.531. The summed E-state index contributed by atoms with van der Waals surface area (Å²) in [5, 5.41) is 0. The normalized spacial score (nSPS) is 37.7. The van der Waals surface area contributed by atoms with Gasteiger partial charge in [0.2, 0.25) is 0 Å². The number of hydrogen-bond donors (Lipinski definition) is 0. The molecule has 0 unspecified atom stereocenters. The molecule has 0 heterocycles. The minimum Gasteiger partial charge on any atom is -0.0602 e. The van der Waals surface area contributed by atoms with Crippen molar-refractivity contribution in [3.05, 3.63) is 0 Å². The van der Waals surface area contributed by atoms with E-state index in [2.05, 4.69) is 41.5 Å². The van der Waals surface area contributed by atoms with Crippen LogP contribution in [0, 0.1) is 28.1 Å². The second-order valence-corrected chi connectivity index (χ2v) is 9.68. The highest BCUT2D eigenvalue weighted by Crippen LogP contribution is 2.60. The van der Waals surface area contributed by atoms with E-state index in [1.165, 1.54) is 44.9 Å². The molecule has 2 fully saturated rings. The Bertz CT molecular complexity index is 270. The van der Waals surface area contributed by atoms with Crippen LogP contribution in [0.25, 0.3) is 0 Å². The molecule has 0 N–H and O–H groups in total. The zero-order valence-electron chi connectivity index (χ0n) is 13.6. The molecule has 2 aliphatic rings. The molecule has 0 bridgehead atoms. The van der Waals surface area contributed by atoms with Crippen LogP contribution >= 0.6 is 0 Å². The largest absolute Gasteiger partial charge is 0.0602 e. The van der Waals surface area contributed by atoms with Gasteiger partial charge >= 0.3 is 0 Å². The molecule has 1 spiro atoms. The topological polar surface area (TPSA) is 0 Å². The molecule has 0 aromatic rings. The average Bonchev–Trinajstić information content (AvgIpc) is 2.11. The Hall–Kier alpha value is 0. The van der Waals surface area contributed by atoms with Gasteiger partial charge in [0.25, 0.3) is 0 Å². The lowest BCUT2D eigenvalue weighted by atomic mass is 9.49. The molecule has 0 atom stereocenters. The van der Waals surface area contributed by atoms with Gasteiger partial charge in [-0.15, -0.1) is 0 Å². The molecular formula is C18H34. The standard InChI is InChI=1S/C18H34/c1-16(2,3)11-14-7-9-18(10-8-14)12-15(13-18)17(4,5)6/h14-15H,7-13H2,1-6H3. The van der Waals surface area contributed by atoms with Gasteiger partial charge in [-0.1, -0.05) is 41.5 Å². The van der Waals surface area contributed by atoms with Crippen LogP contribution in [-0.2, 0) is 0 Å². The minimum atomic E-state index is 0.530. The Kier molecular flexibility index (Phi) is 3.63. The highest BCUT2D eigenvalue weighted by atomic mass is 14.5. The highest BCUT2D eigenvalue weighted by molar-refractivity contribution is 5.00. The van der Waals surface area contributed by atoms with E-state index >= 15 is 0 Å². The fraction of sp³-hybridized carbons (Fsp3) is 1.00. The van der Waals surface area contributed by atoms with Crippen molar-refractivity contribution < 1.29 is 0 Å². The molecule has 0 nitrogen and oxygen atoms in total. The van der Waals surface area contributed by atoms with Gasteiger partial charge in [0.1, 0.15) is 0 Å². The molecule has 2 saturated carbocycles. The van der Waals surface area contributed by atoms with Gasteiger partial charge in [-0.3, -0.25) is 0 Å². The first-order valence-corrected chi connectivity index (χ1v) is 8.10. The predicted octanol–water partition coefficient (Wildman–Crippen LogP) is 6.06. The molecule has 106 valence electrons. The number of hydrogen-bond acceptors (Lipinski definition) is 0. The summed E-state index contributed by atoms with van der Waals surface area (Å²) in [6.45, 7) is 14.5. The Labute approximate surface area is 115 Å². The van der Waals surface area contributed by atoms with E-state index < -0.39 is 0 Å². The Morgan fingerprint density at radius 3 is 1.78 bits per heavy atom. The average molecular weight is 250 g/mol. The van der Waals surface area contributed by atoms with Crippen LogP contribution in [-0.4, -0.2) is 0 Å². The van der Waals surface area contributed by atoms with Crippen LogP contribution in [0.3, 0.4) is 0 Å². The molecule has 0 heteroatoms. The third-order valence-corrected chi connectivity index (χ3v) is 5.65. The van der Waals surface area contributed by atoms with Gasteiger partial charge in [-0.05, 0) is 73.0 Å².